The van der Waals surface area contributed by atoms with Gasteiger partial charge in [0.2, 0.25) is 11.8 Å². The van der Waals surface area contributed by atoms with Crippen molar-refractivity contribution in [2.45, 2.75) is 71.0 Å². The van der Waals surface area contributed by atoms with Gasteiger partial charge in [-0.05, 0) is 69.0 Å². The van der Waals surface area contributed by atoms with Gasteiger partial charge in [0.1, 0.15) is 12.6 Å². The number of nitrogens with one attached hydrogen (secondary N) is 1. The van der Waals surface area contributed by atoms with Crippen LogP contribution in [0.5, 0.6) is 0 Å². The second-order valence-corrected chi connectivity index (χ2v) is 12.2. The summed E-state index contributed by atoms with van der Waals surface area (Å²) in [6, 6.07) is 19.8. The Morgan fingerprint density at radius 3 is 2.23 bits per heavy atom. The van der Waals surface area contributed by atoms with Crippen molar-refractivity contribution < 1.29 is 18.0 Å². The fraction of sp³-hybridized carbons (Fsp3) is 0.355. The van der Waals surface area contributed by atoms with Crippen LogP contribution in [0.4, 0.5) is 5.69 Å². The second-order valence-electron chi connectivity index (χ2n) is 9.96. The van der Waals surface area contributed by atoms with E-state index in [1.165, 1.54) is 17.0 Å². The van der Waals surface area contributed by atoms with Gasteiger partial charge in [-0.3, -0.25) is 13.9 Å². The molecule has 0 spiro atoms. The molecule has 0 bridgehead atoms. The Morgan fingerprint density at radius 2 is 1.60 bits per heavy atom. The minimum absolute atomic E-state index is 0.0500. The van der Waals surface area contributed by atoms with Crippen molar-refractivity contribution in [2.75, 3.05) is 10.8 Å². The zero-order valence-electron chi connectivity index (χ0n) is 23.7. The van der Waals surface area contributed by atoms with Gasteiger partial charge in [-0.25, -0.2) is 8.42 Å². The molecule has 0 aliphatic carbocycles. The third kappa shape index (κ3) is 7.43. The third-order valence-corrected chi connectivity index (χ3v) is 9.12. The van der Waals surface area contributed by atoms with E-state index in [2.05, 4.69) is 5.32 Å². The molecule has 214 valence electrons. The summed E-state index contributed by atoms with van der Waals surface area (Å²) in [4.78, 5) is 29.1. The van der Waals surface area contributed by atoms with Crippen molar-refractivity contribution in [1.82, 2.24) is 10.2 Å². The molecule has 40 heavy (non-hydrogen) atoms. The maximum absolute atomic E-state index is 14.2. The van der Waals surface area contributed by atoms with Crippen molar-refractivity contribution in [3.05, 3.63) is 94.5 Å². The van der Waals surface area contributed by atoms with E-state index < -0.39 is 28.5 Å². The zero-order chi connectivity index (χ0) is 29.4. The van der Waals surface area contributed by atoms with Gasteiger partial charge < -0.3 is 10.2 Å². The first-order chi connectivity index (χ1) is 19.0. The molecule has 7 nitrogen and oxygen atoms in total. The molecule has 0 radical (unpaired) electrons. The third-order valence-electron chi connectivity index (χ3n) is 6.94. The van der Waals surface area contributed by atoms with Crippen LogP contribution in [0.2, 0.25) is 5.02 Å². The monoisotopic (exact) mass is 583 g/mol. The molecule has 2 atom stereocenters. The molecule has 0 aromatic heterocycles. The first-order valence-corrected chi connectivity index (χ1v) is 15.3. The van der Waals surface area contributed by atoms with E-state index in [9.17, 15) is 18.0 Å². The van der Waals surface area contributed by atoms with Crippen LogP contribution in [0.25, 0.3) is 0 Å². The first-order valence-electron chi connectivity index (χ1n) is 13.5. The van der Waals surface area contributed by atoms with E-state index in [1.54, 1.807) is 43.3 Å². The summed E-state index contributed by atoms with van der Waals surface area (Å²) in [6.45, 7) is 9.05. The van der Waals surface area contributed by atoms with Gasteiger partial charge in [0, 0.05) is 17.6 Å². The van der Waals surface area contributed by atoms with Crippen molar-refractivity contribution in [1.29, 1.82) is 0 Å². The lowest BCUT2D eigenvalue weighted by Crippen LogP contribution is -2.53. The highest BCUT2D eigenvalue weighted by molar-refractivity contribution is 7.92. The van der Waals surface area contributed by atoms with E-state index in [4.69, 9.17) is 11.6 Å². The van der Waals surface area contributed by atoms with Crippen molar-refractivity contribution >= 4 is 39.1 Å². The number of sulfonamides is 1. The van der Waals surface area contributed by atoms with E-state index in [0.29, 0.717) is 22.7 Å². The minimum Gasteiger partial charge on any atom is -0.352 e. The molecular formula is C31H38ClN3O4S. The van der Waals surface area contributed by atoms with Gasteiger partial charge in [-0.2, -0.15) is 0 Å². The number of aryl methyl sites for hydroxylation is 1. The predicted octanol–water partition coefficient (Wildman–Crippen LogP) is 5.87. The number of amides is 2. The summed E-state index contributed by atoms with van der Waals surface area (Å²) >= 11 is 6.38. The molecule has 0 fully saturated rings. The quantitative estimate of drug-likeness (QED) is 0.289. The number of anilines is 1. The molecule has 2 unspecified atom stereocenters. The SMILES string of the molecule is CCC(C)NC(=O)C(CC)N(Cc1cccc(C)c1)C(=O)CN(c1cccc(Cl)c1C)S(=O)(=O)c1ccccc1. The number of carbonyl (C=O) groups is 2. The minimum atomic E-state index is -4.15. The summed E-state index contributed by atoms with van der Waals surface area (Å²) in [5.41, 5.74) is 2.70. The van der Waals surface area contributed by atoms with Crippen LogP contribution in [-0.2, 0) is 26.2 Å². The molecule has 3 aromatic carbocycles. The summed E-state index contributed by atoms with van der Waals surface area (Å²) < 4.78 is 29.0. The van der Waals surface area contributed by atoms with Gasteiger partial charge in [-0.1, -0.05) is 79.5 Å². The van der Waals surface area contributed by atoms with Gasteiger partial charge in [-0.15, -0.1) is 0 Å². The van der Waals surface area contributed by atoms with Gasteiger partial charge in [0.25, 0.3) is 10.0 Å². The van der Waals surface area contributed by atoms with Crippen LogP contribution in [0.3, 0.4) is 0 Å². The Morgan fingerprint density at radius 1 is 0.925 bits per heavy atom. The topological polar surface area (TPSA) is 86.8 Å². The summed E-state index contributed by atoms with van der Waals surface area (Å²) in [5.74, 6) is -0.763. The van der Waals surface area contributed by atoms with E-state index in [0.717, 1.165) is 21.9 Å². The second kappa shape index (κ2) is 13.8. The first kappa shape index (κ1) is 31.2. The highest BCUT2D eigenvalue weighted by Gasteiger charge is 2.34. The van der Waals surface area contributed by atoms with E-state index >= 15 is 0 Å². The summed E-state index contributed by atoms with van der Waals surface area (Å²) in [6.07, 6.45) is 1.10. The average Bonchev–Trinajstić information content (AvgIpc) is 2.93. The van der Waals surface area contributed by atoms with Gasteiger partial charge in [0.15, 0.2) is 0 Å². The number of carbonyl (C=O) groups excluding carboxylic acids is 2. The molecular weight excluding hydrogens is 546 g/mol. The van der Waals surface area contributed by atoms with Crippen molar-refractivity contribution in [2.24, 2.45) is 0 Å². The van der Waals surface area contributed by atoms with Crippen LogP contribution < -0.4 is 9.62 Å². The number of hydrogen-bond acceptors (Lipinski definition) is 4. The number of nitrogens with zero attached hydrogens (tertiary/aromatic N) is 2. The van der Waals surface area contributed by atoms with E-state index in [1.807, 2.05) is 52.0 Å². The average molecular weight is 584 g/mol. The zero-order valence-corrected chi connectivity index (χ0v) is 25.3. The Balaban J connectivity index is 2.09. The molecule has 2 amide bonds. The van der Waals surface area contributed by atoms with Crippen LogP contribution in [0.1, 0.15) is 50.3 Å². The molecule has 0 aliphatic heterocycles. The largest absolute Gasteiger partial charge is 0.352 e. The molecule has 0 saturated carbocycles. The lowest BCUT2D eigenvalue weighted by molar-refractivity contribution is -0.140. The standard InChI is InChI=1S/C31H38ClN3O4S/c1-6-23(4)33-31(37)28(7-2)34(20-25-14-11-13-22(3)19-25)30(36)21-35(29-18-12-17-27(32)24(29)5)40(38,39)26-15-9-8-10-16-26/h8-19,23,28H,6-7,20-21H2,1-5H3,(H,33,37). The summed E-state index contributed by atoms with van der Waals surface area (Å²) in [7, 11) is -4.15. The predicted molar refractivity (Wildman–Crippen MR) is 161 cm³/mol. The smallest absolute Gasteiger partial charge is 0.264 e. The van der Waals surface area contributed by atoms with Gasteiger partial charge in [0.05, 0.1) is 10.6 Å². The summed E-state index contributed by atoms with van der Waals surface area (Å²) in [5, 5.41) is 3.37. The molecule has 0 heterocycles. The maximum Gasteiger partial charge on any atom is 0.264 e. The van der Waals surface area contributed by atoms with Crippen LogP contribution in [-0.4, -0.2) is 43.8 Å². The van der Waals surface area contributed by atoms with Gasteiger partial charge >= 0.3 is 0 Å². The highest BCUT2D eigenvalue weighted by atomic mass is 35.5. The van der Waals surface area contributed by atoms with E-state index in [-0.39, 0.29) is 23.4 Å². The molecule has 3 rings (SSSR count). The Labute approximate surface area is 243 Å². The van der Waals surface area contributed by atoms with Crippen molar-refractivity contribution in [3.63, 3.8) is 0 Å². The maximum atomic E-state index is 14.2. The molecule has 0 aliphatic rings. The van der Waals surface area contributed by atoms with Crippen LogP contribution in [0, 0.1) is 13.8 Å². The Hall–Kier alpha value is -3.36. The fourth-order valence-corrected chi connectivity index (χ4v) is 6.13. The number of rotatable bonds is 12. The number of halogens is 1. The lowest BCUT2D eigenvalue weighted by atomic mass is 10.1. The fourth-order valence-electron chi connectivity index (χ4n) is 4.47. The highest BCUT2D eigenvalue weighted by Crippen LogP contribution is 2.31. The Bertz CT molecular complexity index is 1430. The molecule has 9 heteroatoms. The van der Waals surface area contributed by atoms with Crippen LogP contribution >= 0.6 is 11.6 Å². The molecule has 1 N–H and O–H groups in total. The van der Waals surface area contributed by atoms with Crippen molar-refractivity contribution in [3.8, 4) is 0 Å². The number of hydrogen-bond donors (Lipinski definition) is 1. The Kier molecular flexibility index (Phi) is 10.8. The molecule has 3 aromatic rings. The van der Waals surface area contributed by atoms with Crippen LogP contribution in [0.15, 0.2) is 77.7 Å². The molecule has 0 saturated heterocycles. The lowest BCUT2D eigenvalue weighted by Gasteiger charge is -2.34. The normalized spacial score (nSPS) is 12.8. The number of benzene rings is 3.